The second kappa shape index (κ2) is 36.1. The van der Waals surface area contributed by atoms with E-state index in [9.17, 15) is 45.6 Å². The maximum absolute atomic E-state index is 13.1. The molecular weight excluding hydrogens is 811 g/mol. The smallest absolute Gasteiger partial charge is 0.220 e. The number of rotatable bonds is 36. The Bertz CT molecular complexity index is 1250. The minimum absolute atomic E-state index is 0.221. The molecule has 9 N–H and O–H groups in total. The lowest BCUT2D eigenvalue weighted by molar-refractivity contribution is -0.359. The molecule has 1 amide bonds. The molecule has 0 saturated carbocycles. The van der Waals surface area contributed by atoms with Crippen molar-refractivity contribution in [2.24, 2.45) is 0 Å². The number of carbonyl (C=O) groups excluding carboxylic acids is 1. The Labute approximate surface area is 378 Å². The minimum Gasteiger partial charge on any atom is -0.394 e. The van der Waals surface area contributed by atoms with Gasteiger partial charge < -0.3 is 65.1 Å². The van der Waals surface area contributed by atoms with Crippen LogP contribution in [0.2, 0.25) is 0 Å². The molecule has 12 unspecified atom stereocenters. The van der Waals surface area contributed by atoms with Gasteiger partial charge in [-0.05, 0) is 51.4 Å². The van der Waals surface area contributed by atoms with Gasteiger partial charge in [-0.25, -0.2) is 0 Å². The summed E-state index contributed by atoms with van der Waals surface area (Å²) in [6.07, 6.45) is 24.2. The SMILES string of the molecule is CC/C=C\C/C=C\C/C=C\C/C=C\CCCCCCCCCCC(=O)NC(COC1OC(CO)C(OC2OC(CO)C(O)C(O)C2O)C(O)C1O)C(O)CCCCCCCCCC. The molecule has 12 atom stereocenters. The molecule has 0 aliphatic carbocycles. The summed E-state index contributed by atoms with van der Waals surface area (Å²) in [6.45, 7) is 2.67. The molecule has 0 aromatic carbocycles. The molecule has 0 aromatic heterocycles. The molecule has 0 bridgehead atoms. The van der Waals surface area contributed by atoms with Gasteiger partial charge in [-0.1, -0.05) is 152 Å². The number of amides is 1. The number of nitrogens with one attached hydrogen (secondary N) is 1. The first-order valence-corrected chi connectivity index (χ1v) is 24.4. The normalized spacial score (nSPS) is 27.9. The van der Waals surface area contributed by atoms with Crippen LogP contribution in [0.4, 0.5) is 0 Å². The van der Waals surface area contributed by atoms with Crippen molar-refractivity contribution in [3.05, 3.63) is 48.6 Å². The molecule has 63 heavy (non-hydrogen) atoms. The van der Waals surface area contributed by atoms with Crippen molar-refractivity contribution in [2.75, 3.05) is 19.8 Å². The van der Waals surface area contributed by atoms with E-state index in [2.05, 4.69) is 67.8 Å². The van der Waals surface area contributed by atoms with Crippen LogP contribution in [0.25, 0.3) is 0 Å². The number of aliphatic hydroxyl groups excluding tert-OH is 8. The van der Waals surface area contributed by atoms with Crippen LogP contribution in [0.15, 0.2) is 48.6 Å². The standard InChI is InChI=1S/C49H87NO13/c1-3-5-7-9-11-13-14-15-16-17-18-19-20-21-22-23-24-25-27-29-31-33-41(54)50-37(38(53)32-30-28-26-12-10-8-6-4-2)36-60-48-46(59)44(57)47(40(35-52)62-48)63-49-45(58)43(56)42(55)39(34-51)61-49/h5,7,11,13,15-16,18-19,37-40,42-49,51-53,55-59H,3-4,6,8-10,12,14,17,20-36H2,1-2H3,(H,50,54)/b7-5-,13-11-,16-15-,19-18-. The Hall–Kier alpha value is -2.05. The number of carbonyl (C=O) groups is 1. The van der Waals surface area contributed by atoms with E-state index >= 15 is 0 Å². The van der Waals surface area contributed by atoms with Gasteiger partial charge in [0.15, 0.2) is 12.6 Å². The van der Waals surface area contributed by atoms with Crippen molar-refractivity contribution in [3.63, 3.8) is 0 Å². The molecule has 2 rings (SSSR count). The predicted octanol–water partition coefficient (Wildman–Crippen LogP) is 5.71. The Morgan fingerprint density at radius 2 is 1.10 bits per heavy atom. The molecule has 14 heteroatoms. The van der Waals surface area contributed by atoms with Crippen LogP contribution in [0.1, 0.15) is 162 Å². The highest BCUT2D eigenvalue weighted by Gasteiger charge is 2.51. The van der Waals surface area contributed by atoms with E-state index in [0.717, 1.165) is 77.0 Å². The summed E-state index contributed by atoms with van der Waals surface area (Å²) in [5, 5.41) is 86.6. The maximum Gasteiger partial charge on any atom is 0.220 e. The van der Waals surface area contributed by atoms with Crippen molar-refractivity contribution in [1.82, 2.24) is 5.32 Å². The number of allylic oxidation sites excluding steroid dienone is 8. The van der Waals surface area contributed by atoms with Crippen molar-refractivity contribution < 1.29 is 64.6 Å². The molecule has 2 saturated heterocycles. The van der Waals surface area contributed by atoms with Crippen LogP contribution in [-0.2, 0) is 23.7 Å². The van der Waals surface area contributed by atoms with Crippen LogP contribution in [0, 0.1) is 0 Å². The molecule has 14 nitrogen and oxygen atoms in total. The summed E-state index contributed by atoms with van der Waals surface area (Å²) >= 11 is 0. The monoisotopic (exact) mass is 898 g/mol. The zero-order valence-electron chi connectivity index (χ0n) is 38.6. The van der Waals surface area contributed by atoms with Gasteiger partial charge >= 0.3 is 0 Å². The Kier molecular flexibility index (Phi) is 32.7. The van der Waals surface area contributed by atoms with Gasteiger partial charge in [0.25, 0.3) is 0 Å². The summed E-state index contributed by atoms with van der Waals surface area (Å²) in [5.41, 5.74) is 0. The highest BCUT2D eigenvalue weighted by atomic mass is 16.7. The van der Waals surface area contributed by atoms with Gasteiger partial charge in [0.05, 0.1) is 32.0 Å². The highest BCUT2D eigenvalue weighted by molar-refractivity contribution is 5.76. The fraction of sp³-hybridized carbons (Fsp3) is 0.816. The molecule has 2 aliphatic rings. The summed E-state index contributed by atoms with van der Waals surface area (Å²) in [7, 11) is 0. The zero-order valence-corrected chi connectivity index (χ0v) is 38.6. The lowest BCUT2D eigenvalue weighted by Crippen LogP contribution is -2.65. The van der Waals surface area contributed by atoms with E-state index in [1.54, 1.807) is 0 Å². The van der Waals surface area contributed by atoms with E-state index in [4.69, 9.17) is 18.9 Å². The summed E-state index contributed by atoms with van der Waals surface area (Å²) in [4.78, 5) is 13.1. The van der Waals surface area contributed by atoms with Crippen LogP contribution < -0.4 is 5.32 Å². The van der Waals surface area contributed by atoms with Crippen LogP contribution in [0.5, 0.6) is 0 Å². The average molecular weight is 898 g/mol. The third-order valence-electron chi connectivity index (χ3n) is 11.8. The third kappa shape index (κ3) is 23.8. The Morgan fingerprint density at radius 1 is 0.587 bits per heavy atom. The summed E-state index contributed by atoms with van der Waals surface area (Å²) < 4.78 is 22.7. The number of hydrogen-bond acceptors (Lipinski definition) is 13. The second-order valence-electron chi connectivity index (χ2n) is 17.2. The number of aliphatic hydroxyl groups is 8. The van der Waals surface area contributed by atoms with Crippen LogP contribution in [0.3, 0.4) is 0 Å². The molecular formula is C49H87NO13. The fourth-order valence-corrected chi connectivity index (χ4v) is 7.81. The average Bonchev–Trinajstić information content (AvgIpc) is 3.28. The lowest BCUT2D eigenvalue weighted by atomic mass is 9.97. The van der Waals surface area contributed by atoms with Crippen LogP contribution >= 0.6 is 0 Å². The molecule has 2 heterocycles. The first-order chi connectivity index (χ1) is 30.6. The zero-order chi connectivity index (χ0) is 46.1. The largest absolute Gasteiger partial charge is 0.394 e. The molecule has 2 fully saturated rings. The first-order valence-electron chi connectivity index (χ1n) is 24.4. The van der Waals surface area contributed by atoms with Crippen molar-refractivity contribution >= 4 is 5.91 Å². The molecule has 2 aliphatic heterocycles. The van der Waals surface area contributed by atoms with Crippen molar-refractivity contribution in [2.45, 2.75) is 235 Å². The summed E-state index contributed by atoms with van der Waals surface area (Å²) in [5.74, 6) is -0.221. The minimum atomic E-state index is -1.78. The van der Waals surface area contributed by atoms with Gasteiger partial charge in [-0.3, -0.25) is 4.79 Å². The second-order valence-corrected chi connectivity index (χ2v) is 17.2. The van der Waals surface area contributed by atoms with E-state index in [-0.39, 0.29) is 12.5 Å². The number of ether oxygens (including phenoxy) is 4. The van der Waals surface area contributed by atoms with Crippen molar-refractivity contribution in [1.29, 1.82) is 0 Å². The maximum atomic E-state index is 13.1. The topological polar surface area (TPSA) is 228 Å². The van der Waals surface area contributed by atoms with Gasteiger partial charge in [-0.2, -0.15) is 0 Å². The predicted molar refractivity (Wildman–Crippen MR) is 244 cm³/mol. The molecule has 0 radical (unpaired) electrons. The Morgan fingerprint density at radius 3 is 1.68 bits per heavy atom. The Balaban J connectivity index is 1.78. The van der Waals surface area contributed by atoms with Crippen molar-refractivity contribution in [3.8, 4) is 0 Å². The van der Waals surface area contributed by atoms with E-state index in [1.807, 2.05) is 0 Å². The van der Waals surface area contributed by atoms with Gasteiger partial charge in [-0.15, -0.1) is 0 Å². The van der Waals surface area contributed by atoms with E-state index < -0.39 is 86.8 Å². The lowest BCUT2D eigenvalue weighted by Gasteiger charge is -2.46. The molecule has 0 aromatic rings. The first kappa shape index (κ1) is 57.1. The van der Waals surface area contributed by atoms with Crippen LogP contribution in [-0.4, -0.2) is 140 Å². The number of hydrogen-bond donors (Lipinski definition) is 9. The molecule has 0 spiro atoms. The number of unbranched alkanes of at least 4 members (excludes halogenated alkanes) is 15. The quantitative estimate of drug-likeness (QED) is 0.0272. The van der Waals surface area contributed by atoms with Gasteiger partial charge in [0.1, 0.15) is 48.8 Å². The molecule has 366 valence electrons. The fourth-order valence-electron chi connectivity index (χ4n) is 7.81. The van der Waals surface area contributed by atoms with Gasteiger partial charge in [0, 0.05) is 6.42 Å². The van der Waals surface area contributed by atoms with Gasteiger partial charge in [0.2, 0.25) is 5.91 Å². The van der Waals surface area contributed by atoms with E-state index in [1.165, 1.54) is 51.4 Å². The van der Waals surface area contributed by atoms with E-state index in [0.29, 0.717) is 19.3 Å². The third-order valence-corrected chi connectivity index (χ3v) is 11.8. The highest BCUT2D eigenvalue weighted by Crippen LogP contribution is 2.30. The summed E-state index contributed by atoms with van der Waals surface area (Å²) in [6, 6.07) is -0.831.